The number of carbonyl (C=O) groups excluding carboxylic acids is 1. The maximum absolute atomic E-state index is 12.7. The first-order chi connectivity index (χ1) is 26.8. The minimum atomic E-state index is -1.69. The molecule has 323 valence electrons. The third-order valence-corrected chi connectivity index (χ3v) is 14.6. The third-order valence-electron chi connectivity index (χ3n) is 14.3. The summed E-state index contributed by atoms with van der Waals surface area (Å²) in [5.41, 5.74) is -0.731. The largest absolute Gasteiger partial charge is 0.481 e. The van der Waals surface area contributed by atoms with Gasteiger partial charge in [0.1, 0.15) is 6.61 Å². The number of methoxy groups -OCH3 is 1. The van der Waals surface area contributed by atoms with E-state index in [1.807, 2.05) is 20.8 Å². The number of anilines is 1. The van der Waals surface area contributed by atoms with Crippen LogP contribution < -0.4 is 5.32 Å². The van der Waals surface area contributed by atoms with Gasteiger partial charge in [0, 0.05) is 78.0 Å². The fraction of sp³-hybridized carbons (Fsp3) is 0.814. The van der Waals surface area contributed by atoms with Crippen molar-refractivity contribution in [3.05, 3.63) is 29.3 Å². The van der Waals surface area contributed by atoms with E-state index in [2.05, 4.69) is 33.0 Å². The summed E-state index contributed by atoms with van der Waals surface area (Å²) in [5.74, 6) is -5.04. The number of aliphatic hydroxyl groups excluding tert-OH is 1. The van der Waals surface area contributed by atoms with Crippen LogP contribution in [-0.4, -0.2) is 136 Å². The Kier molecular flexibility index (Phi) is 15.5. The van der Waals surface area contributed by atoms with E-state index in [4.69, 9.17) is 44.8 Å². The van der Waals surface area contributed by atoms with Gasteiger partial charge in [-0.05, 0) is 88.5 Å². The number of nitrogens with one attached hydrogen (secondary N) is 1. The van der Waals surface area contributed by atoms with Gasteiger partial charge in [0.05, 0.1) is 59.8 Å². The van der Waals surface area contributed by atoms with Gasteiger partial charge in [-0.15, -0.1) is 0 Å². The Morgan fingerprint density at radius 2 is 1.71 bits per heavy atom. The van der Waals surface area contributed by atoms with Crippen molar-refractivity contribution in [1.82, 2.24) is 0 Å². The summed E-state index contributed by atoms with van der Waals surface area (Å²) in [6.07, 6.45) is 1.56. The number of hydrogen-bond acceptors (Lipinski definition) is 11. The number of rotatable bonds is 12. The minimum absolute atomic E-state index is 0. The maximum Gasteiger partial charge on any atom is 0.411 e. The molecule has 1 spiro atoms. The zero-order valence-electron chi connectivity index (χ0n) is 36.1. The molecule has 0 unspecified atom stereocenters. The van der Waals surface area contributed by atoms with Crippen molar-refractivity contribution in [2.45, 2.75) is 172 Å². The van der Waals surface area contributed by atoms with Crippen LogP contribution in [0.1, 0.15) is 107 Å². The first-order valence-corrected chi connectivity index (χ1v) is 21.4. The van der Waals surface area contributed by atoms with Gasteiger partial charge >= 0.3 is 12.1 Å². The van der Waals surface area contributed by atoms with Crippen LogP contribution in [0.2, 0.25) is 5.02 Å². The summed E-state index contributed by atoms with van der Waals surface area (Å²) in [5, 5.41) is 36.0. The number of carboxylic acid groups (broad SMARTS) is 1. The fourth-order valence-corrected chi connectivity index (χ4v) is 10.9. The van der Waals surface area contributed by atoms with E-state index >= 15 is 0 Å². The summed E-state index contributed by atoms with van der Waals surface area (Å²) in [4.78, 5) is 24.6. The van der Waals surface area contributed by atoms with E-state index < -0.39 is 65.2 Å². The molecule has 0 aromatic heterocycles. The molecule has 5 saturated heterocycles. The first kappa shape index (κ1) is 48.0. The standard InChI is InChI=1S/C43H66ClNO12.Na/c1-10-41(16-15-33(54-41)40(8)17-18-42(57-40)21-31(46)26(5)36(55-42)27(6)35(51-9)28(7)38(47)48)37-24(3)20-32(53-37)34-23(2)19-25(4)43(50,56-34)22-52-39(49)45-30-13-11-29(44)12-14-30;/h11-14,23-28,31-37,46,50H,10,15-22H2,1-9H3,(H,45,49)(H,47,48);/t23-,24-,25+,26+,27-,28-,31-,32+,33+,34-,35+,36-,37+,40-,41-,42+,43-;/m0./s1. The molecular weight excluding hydrogens is 781 g/mol. The van der Waals surface area contributed by atoms with Crippen LogP contribution in [0.25, 0.3) is 0 Å². The SMILES string of the molecule is CC[C@@]1([C@@H]2O[C@@H]([C@H]3O[C@@](O)(COC(=O)Nc4ccc(Cl)cc4)[C@H](C)C[C@@H]3C)C[C@@H]2C)CC[C@H]([C@]2(C)CC[C@]3(C[C@H](O)[C@@H](C)[C@@H]([C@@H](C)[C@@H](OC)[C@H](C)C(=O)O)O3)O2)O1.[Na]. The number of amides is 1. The van der Waals surface area contributed by atoms with Crippen molar-refractivity contribution < 1.29 is 58.1 Å². The molecule has 5 fully saturated rings. The molecule has 0 saturated carbocycles. The van der Waals surface area contributed by atoms with Crippen molar-refractivity contribution in [1.29, 1.82) is 0 Å². The molecule has 6 rings (SSSR count). The molecule has 0 bridgehead atoms. The smallest absolute Gasteiger partial charge is 0.411 e. The van der Waals surface area contributed by atoms with E-state index in [1.54, 1.807) is 31.2 Å². The van der Waals surface area contributed by atoms with Crippen molar-refractivity contribution in [3.8, 4) is 0 Å². The zero-order chi connectivity index (χ0) is 41.7. The number of carbonyl (C=O) groups is 2. The van der Waals surface area contributed by atoms with Gasteiger partial charge in [-0.25, -0.2) is 4.79 Å². The zero-order valence-corrected chi connectivity index (χ0v) is 38.8. The second kappa shape index (κ2) is 18.7. The minimum Gasteiger partial charge on any atom is -0.481 e. The fourth-order valence-electron chi connectivity index (χ4n) is 10.8. The van der Waals surface area contributed by atoms with E-state index in [1.165, 1.54) is 7.11 Å². The summed E-state index contributed by atoms with van der Waals surface area (Å²) < 4.78 is 45.5. The van der Waals surface area contributed by atoms with Crippen LogP contribution in [0.4, 0.5) is 10.5 Å². The number of carboxylic acids is 1. The van der Waals surface area contributed by atoms with Crippen LogP contribution in [0.15, 0.2) is 24.3 Å². The summed E-state index contributed by atoms with van der Waals surface area (Å²) >= 11 is 5.96. The number of aliphatic hydroxyl groups is 2. The van der Waals surface area contributed by atoms with Gasteiger partial charge in [0.15, 0.2) is 5.79 Å². The summed E-state index contributed by atoms with van der Waals surface area (Å²) in [7, 11) is 1.52. The van der Waals surface area contributed by atoms with Crippen LogP contribution >= 0.6 is 11.6 Å². The number of hydrogen-bond donors (Lipinski definition) is 4. The topological polar surface area (TPSA) is 171 Å². The molecule has 5 heterocycles. The van der Waals surface area contributed by atoms with Crippen LogP contribution in [0, 0.1) is 35.5 Å². The molecule has 17 atom stereocenters. The van der Waals surface area contributed by atoms with Gasteiger partial charge in [-0.1, -0.05) is 53.1 Å². The normalized spacial score (nSPS) is 43.0. The second-order valence-electron chi connectivity index (χ2n) is 18.3. The Labute approximate surface area is 371 Å². The molecule has 0 aliphatic carbocycles. The number of aliphatic carboxylic acids is 1. The predicted octanol–water partition coefficient (Wildman–Crippen LogP) is 6.80. The first-order valence-electron chi connectivity index (χ1n) is 21.0. The number of halogens is 1. The van der Waals surface area contributed by atoms with E-state index in [0.717, 1.165) is 25.7 Å². The molecule has 13 nitrogen and oxygen atoms in total. The Hall–Kier alpha value is -1.07. The van der Waals surface area contributed by atoms with Gasteiger partial charge in [0.25, 0.3) is 0 Å². The summed E-state index contributed by atoms with van der Waals surface area (Å²) in [6, 6.07) is 6.66. The average Bonchev–Trinajstić information content (AvgIpc) is 3.88. The van der Waals surface area contributed by atoms with Crippen molar-refractivity contribution >= 4 is 58.9 Å². The van der Waals surface area contributed by atoms with Crippen LogP contribution in [-0.2, 0) is 38.0 Å². The number of benzene rings is 1. The molecule has 15 heteroatoms. The molecule has 5 aliphatic heterocycles. The molecule has 5 aliphatic rings. The monoisotopic (exact) mass is 846 g/mol. The Bertz CT molecular complexity index is 1580. The summed E-state index contributed by atoms with van der Waals surface area (Å²) in [6.45, 7) is 15.6. The number of ether oxygens (including phenoxy) is 7. The van der Waals surface area contributed by atoms with Gasteiger partial charge in [-0.3, -0.25) is 10.1 Å². The predicted molar refractivity (Wildman–Crippen MR) is 217 cm³/mol. The molecule has 1 radical (unpaired) electrons. The van der Waals surface area contributed by atoms with Crippen LogP contribution in [0.5, 0.6) is 0 Å². The second-order valence-corrected chi connectivity index (χ2v) is 18.8. The Morgan fingerprint density at radius 3 is 2.34 bits per heavy atom. The Balaban J connectivity index is 0.00000641. The van der Waals surface area contributed by atoms with E-state index in [0.29, 0.717) is 36.4 Å². The van der Waals surface area contributed by atoms with Crippen molar-refractivity contribution in [3.63, 3.8) is 0 Å². The van der Waals surface area contributed by atoms with Gasteiger partial charge < -0.3 is 48.5 Å². The third kappa shape index (κ3) is 9.61. The van der Waals surface area contributed by atoms with Gasteiger partial charge in [-0.2, -0.15) is 0 Å². The molecule has 1 aromatic carbocycles. The molecular formula is C43H66ClNNaO12. The maximum atomic E-state index is 12.7. The molecule has 58 heavy (non-hydrogen) atoms. The quantitative estimate of drug-likeness (QED) is 0.163. The Morgan fingerprint density at radius 1 is 1.02 bits per heavy atom. The van der Waals surface area contributed by atoms with E-state index in [-0.39, 0.29) is 84.1 Å². The van der Waals surface area contributed by atoms with Crippen LogP contribution in [0.3, 0.4) is 0 Å². The molecule has 4 N–H and O–H groups in total. The van der Waals surface area contributed by atoms with Crippen molar-refractivity contribution in [2.24, 2.45) is 35.5 Å². The molecule has 1 amide bonds. The van der Waals surface area contributed by atoms with Gasteiger partial charge in [0.2, 0.25) is 5.79 Å². The average molecular weight is 847 g/mol. The van der Waals surface area contributed by atoms with E-state index in [9.17, 15) is 24.9 Å². The molecule has 1 aromatic rings. The van der Waals surface area contributed by atoms with Crippen molar-refractivity contribution in [2.75, 3.05) is 19.0 Å².